The Kier molecular flexibility index (Phi) is 7.21. The minimum Gasteiger partial charge on any atom is -0.492 e. The molecule has 3 heterocycles. The fourth-order valence-corrected chi connectivity index (χ4v) is 4.78. The zero-order chi connectivity index (χ0) is 24.3. The average molecular weight is 498 g/mol. The Morgan fingerprint density at radius 3 is 2.76 bits per heavy atom. The second-order valence-corrected chi connectivity index (χ2v) is 9.48. The first-order valence-electron chi connectivity index (χ1n) is 11.0. The van der Waals surface area contributed by atoms with Crippen LogP contribution in [0.3, 0.4) is 0 Å². The molecule has 1 aromatic rings. The molecule has 14 heteroatoms. The molecule has 3 aliphatic rings. The van der Waals surface area contributed by atoms with Crippen molar-refractivity contribution in [2.45, 2.75) is 50.2 Å². The molecule has 4 N–H and O–H groups in total. The van der Waals surface area contributed by atoms with E-state index in [0.717, 1.165) is 24.3 Å². The summed E-state index contributed by atoms with van der Waals surface area (Å²) in [4.78, 5) is 38.4. The van der Waals surface area contributed by atoms with Gasteiger partial charge in [0, 0.05) is 12.6 Å². The largest absolute Gasteiger partial charge is 0.492 e. The van der Waals surface area contributed by atoms with Crippen molar-refractivity contribution in [2.24, 2.45) is 0 Å². The predicted octanol–water partition coefficient (Wildman–Crippen LogP) is -0.490. The molecule has 0 aliphatic carbocycles. The van der Waals surface area contributed by atoms with Gasteiger partial charge >= 0.3 is 16.4 Å². The third-order valence-corrected chi connectivity index (χ3v) is 6.35. The van der Waals surface area contributed by atoms with Gasteiger partial charge in [0.05, 0.1) is 12.5 Å². The van der Waals surface area contributed by atoms with E-state index >= 15 is 0 Å². The number of urea groups is 1. The van der Waals surface area contributed by atoms with Crippen LogP contribution in [0.4, 0.5) is 4.79 Å². The van der Waals surface area contributed by atoms with E-state index in [1.165, 1.54) is 0 Å². The van der Waals surface area contributed by atoms with Gasteiger partial charge in [-0.15, -0.1) is 4.28 Å². The Labute approximate surface area is 196 Å². The molecule has 34 heavy (non-hydrogen) atoms. The lowest BCUT2D eigenvalue weighted by Crippen LogP contribution is -2.54. The number of hydroxylamine groups is 2. The molecule has 3 fully saturated rings. The molecule has 0 saturated carbocycles. The maximum atomic E-state index is 12.6. The Bertz CT molecular complexity index is 1050. The fourth-order valence-electron chi connectivity index (χ4n) is 4.39. The molecule has 3 aliphatic heterocycles. The van der Waals surface area contributed by atoms with E-state index in [0.29, 0.717) is 29.0 Å². The van der Waals surface area contributed by atoms with Crippen molar-refractivity contribution >= 4 is 28.2 Å². The van der Waals surface area contributed by atoms with E-state index < -0.39 is 40.3 Å². The highest BCUT2D eigenvalue weighted by Gasteiger charge is 2.49. The monoisotopic (exact) mass is 497 g/mol. The van der Waals surface area contributed by atoms with Crippen LogP contribution in [-0.2, 0) is 30.7 Å². The van der Waals surface area contributed by atoms with Gasteiger partial charge in [-0.05, 0) is 49.9 Å². The maximum Gasteiger partial charge on any atom is 0.418 e. The number of hydrogen-bond donors (Lipinski definition) is 4. The topological polar surface area (TPSA) is 167 Å². The smallest absolute Gasteiger partial charge is 0.418 e. The Hall–Kier alpha value is -2.94. The van der Waals surface area contributed by atoms with Crippen molar-refractivity contribution in [3.8, 4) is 5.75 Å². The van der Waals surface area contributed by atoms with Crippen LogP contribution in [0.25, 0.3) is 0 Å². The highest BCUT2D eigenvalue weighted by Crippen LogP contribution is 2.30. The molecule has 0 radical (unpaired) electrons. The van der Waals surface area contributed by atoms with Crippen LogP contribution in [-0.4, -0.2) is 78.6 Å². The number of ether oxygens (including phenoxy) is 1. The molecule has 0 aromatic heterocycles. The van der Waals surface area contributed by atoms with Crippen LogP contribution < -0.4 is 20.9 Å². The van der Waals surface area contributed by atoms with Crippen LogP contribution in [0.5, 0.6) is 5.75 Å². The molecule has 0 spiro atoms. The first-order chi connectivity index (χ1) is 16.2. The summed E-state index contributed by atoms with van der Waals surface area (Å²) in [6.45, 7) is 1.60. The average Bonchev–Trinajstić information content (AvgIpc) is 3.39. The van der Waals surface area contributed by atoms with Gasteiger partial charge in [0.2, 0.25) is 5.91 Å². The van der Waals surface area contributed by atoms with Crippen molar-refractivity contribution in [3.05, 3.63) is 29.8 Å². The number of carbonyl (C=O) groups excluding carboxylic acids is 3. The summed E-state index contributed by atoms with van der Waals surface area (Å²) in [6.07, 6.45) is 2.72. The van der Waals surface area contributed by atoms with Crippen LogP contribution in [0.1, 0.15) is 31.2 Å². The van der Waals surface area contributed by atoms with Crippen molar-refractivity contribution in [1.29, 1.82) is 0 Å². The number of rotatable bonds is 8. The first kappa shape index (κ1) is 24.2. The minimum atomic E-state index is -4.87. The number of carbonyl (C=O) groups is 3. The quantitative estimate of drug-likeness (QED) is 0.274. The van der Waals surface area contributed by atoms with E-state index in [1.807, 2.05) is 6.07 Å². The lowest BCUT2D eigenvalue weighted by atomic mass is 10.0. The highest BCUT2D eigenvalue weighted by molar-refractivity contribution is 7.80. The molecule has 2 bridgehead atoms. The first-order valence-corrected chi connectivity index (χ1v) is 12.4. The summed E-state index contributed by atoms with van der Waals surface area (Å²) in [7, 11) is -4.87. The van der Waals surface area contributed by atoms with Crippen molar-refractivity contribution < 1.29 is 36.4 Å². The van der Waals surface area contributed by atoms with E-state index in [4.69, 9.17) is 9.29 Å². The van der Waals surface area contributed by atoms with Crippen LogP contribution >= 0.6 is 0 Å². The van der Waals surface area contributed by atoms with Gasteiger partial charge in [0.15, 0.2) is 0 Å². The number of hydrogen-bond acceptors (Lipinski definition) is 8. The molecule has 13 nitrogen and oxygen atoms in total. The summed E-state index contributed by atoms with van der Waals surface area (Å²) >= 11 is 0. The summed E-state index contributed by atoms with van der Waals surface area (Å²) in [5, 5.41) is 3.91. The minimum absolute atomic E-state index is 0.00449. The number of nitrogens with one attached hydrogen (secondary N) is 3. The number of hydrazine groups is 1. The lowest BCUT2D eigenvalue weighted by Gasteiger charge is -2.29. The van der Waals surface area contributed by atoms with E-state index in [9.17, 15) is 22.8 Å². The van der Waals surface area contributed by atoms with Crippen LogP contribution in [0.15, 0.2) is 24.3 Å². The van der Waals surface area contributed by atoms with Gasteiger partial charge in [-0.1, -0.05) is 12.1 Å². The predicted molar refractivity (Wildman–Crippen MR) is 116 cm³/mol. The molecule has 4 rings (SSSR count). The number of nitrogens with zero attached hydrogens (tertiary/aromatic N) is 2. The fraction of sp³-hybridized carbons (Fsp3) is 0.550. The number of amides is 4. The molecule has 3 atom stereocenters. The van der Waals surface area contributed by atoms with Crippen molar-refractivity contribution in [1.82, 2.24) is 26.1 Å². The zero-order valence-electron chi connectivity index (χ0n) is 18.3. The van der Waals surface area contributed by atoms with Crippen LogP contribution in [0.2, 0.25) is 0 Å². The second kappa shape index (κ2) is 10.1. The maximum absolute atomic E-state index is 12.6. The van der Waals surface area contributed by atoms with Gasteiger partial charge < -0.3 is 15.0 Å². The van der Waals surface area contributed by atoms with Gasteiger partial charge in [0.25, 0.3) is 5.91 Å². The molecular formula is C20H27N5O8S. The Balaban J connectivity index is 1.25. The lowest BCUT2D eigenvalue weighted by molar-refractivity contribution is -0.131. The molecule has 186 valence electrons. The van der Waals surface area contributed by atoms with Gasteiger partial charge in [-0.3, -0.25) is 25.0 Å². The molecular weight excluding hydrogens is 470 g/mol. The zero-order valence-corrected chi connectivity index (χ0v) is 19.1. The highest BCUT2D eigenvalue weighted by atomic mass is 32.3. The number of piperidine rings is 1. The molecule has 4 amide bonds. The molecule has 1 aromatic carbocycles. The molecule has 3 saturated heterocycles. The van der Waals surface area contributed by atoms with E-state index in [2.05, 4.69) is 20.5 Å². The van der Waals surface area contributed by atoms with E-state index in [-0.39, 0.29) is 25.8 Å². The second-order valence-electron chi connectivity index (χ2n) is 8.48. The number of fused-ring (bicyclic) bond motifs is 2. The third-order valence-electron chi connectivity index (χ3n) is 6.00. The van der Waals surface area contributed by atoms with Crippen LogP contribution in [0, 0.1) is 0 Å². The summed E-state index contributed by atoms with van der Waals surface area (Å²) in [5.74, 6) is -0.417. The van der Waals surface area contributed by atoms with Crippen molar-refractivity contribution in [3.63, 3.8) is 0 Å². The normalized spacial score (nSPS) is 24.3. The number of benzene rings is 1. The summed E-state index contributed by atoms with van der Waals surface area (Å²) < 4.78 is 40.9. The summed E-state index contributed by atoms with van der Waals surface area (Å²) in [5.41, 5.74) is 5.36. The molecule has 0 unspecified atom stereocenters. The van der Waals surface area contributed by atoms with Gasteiger partial charge in [0.1, 0.15) is 18.4 Å². The van der Waals surface area contributed by atoms with Gasteiger partial charge in [-0.2, -0.15) is 13.5 Å². The van der Waals surface area contributed by atoms with Gasteiger partial charge in [-0.25, -0.2) is 4.79 Å². The third kappa shape index (κ3) is 5.94. The standard InChI is InChI=1S/C20H27N5O8S/c26-18(10-13-3-1-5-16(9-13)32-12-14-4-2-8-21-14)22-23-19(27)17-7-6-15-11-24(17)20(28)25(15)33-34(29,30)31/h1,3,5,9,14-15,17,21H,2,4,6-8,10-12H2,(H,22,26)(H,23,27)(H,29,30,31)/t14-,15-,17+/m1/s1. The SMILES string of the molecule is O=C(Cc1cccc(OC[C@H]2CCCN2)c1)NNC(=O)[C@@H]1CC[C@@H]2CN1C(=O)N2OS(=O)(=O)O. The van der Waals surface area contributed by atoms with Crippen molar-refractivity contribution in [2.75, 3.05) is 19.7 Å². The summed E-state index contributed by atoms with van der Waals surface area (Å²) in [6, 6.07) is 5.10. The van der Waals surface area contributed by atoms with E-state index in [1.54, 1.807) is 18.2 Å². The Morgan fingerprint density at radius 1 is 1.21 bits per heavy atom. The Morgan fingerprint density at radius 2 is 2.03 bits per heavy atom.